The van der Waals surface area contributed by atoms with Crippen molar-refractivity contribution >= 4 is 30.7 Å². The average Bonchev–Trinajstić information content (AvgIpc) is 2.60. The summed E-state index contributed by atoms with van der Waals surface area (Å²) in [6.45, 7) is 2.78. The molecule has 0 saturated heterocycles. The molecule has 0 bridgehead atoms. The molecule has 0 saturated carbocycles. The second kappa shape index (κ2) is 11.2. The number of amides is 1. The van der Waals surface area contributed by atoms with Crippen molar-refractivity contribution in [2.45, 2.75) is 19.0 Å². The van der Waals surface area contributed by atoms with Crippen molar-refractivity contribution in [3.05, 3.63) is 71.3 Å². The van der Waals surface area contributed by atoms with Gasteiger partial charge in [0.25, 0.3) is 0 Å². The summed E-state index contributed by atoms with van der Waals surface area (Å²) in [7, 11) is 1.97. The zero-order valence-corrected chi connectivity index (χ0v) is 16.6. The number of hydrogen-bond donors (Lipinski definition) is 2. The Kier molecular flexibility index (Phi) is 9.66. The topological polar surface area (TPSA) is 44.4 Å². The smallest absolute Gasteiger partial charge is 0.234 e. The zero-order valence-electron chi connectivity index (χ0n) is 15.0. The van der Waals surface area contributed by atoms with Crippen LogP contribution in [-0.4, -0.2) is 37.5 Å². The lowest BCUT2D eigenvalue weighted by Gasteiger charge is -2.27. The molecule has 3 rings (SSSR count). The molecule has 26 heavy (non-hydrogen) atoms. The number of fused-ring (bicyclic) bond motifs is 1. The van der Waals surface area contributed by atoms with Gasteiger partial charge in [-0.3, -0.25) is 9.69 Å². The Morgan fingerprint density at radius 1 is 1.12 bits per heavy atom. The Balaban J connectivity index is 0.00000169. The van der Waals surface area contributed by atoms with Gasteiger partial charge in [-0.05, 0) is 36.7 Å². The van der Waals surface area contributed by atoms with Crippen LogP contribution in [-0.2, 0) is 17.8 Å². The van der Waals surface area contributed by atoms with E-state index in [4.69, 9.17) is 0 Å². The van der Waals surface area contributed by atoms with Crippen LogP contribution in [0.25, 0.3) is 0 Å². The lowest BCUT2D eigenvalue weighted by atomic mass is 9.94. The molecule has 0 fully saturated rings. The molecule has 0 spiro atoms. The van der Waals surface area contributed by atoms with Gasteiger partial charge in [-0.25, -0.2) is 0 Å². The molecule has 2 N–H and O–H groups in total. The molecule has 1 unspecified atom stereocenters. The fourth-order valence-electron chi connectivity index (χ4n) is 3.24. The highest BCUT2D eigenvalue weighted by Crippen LogP contribution is 2.21. The average molecular weight is 396 g/mol. The predicted octanol–water partition coefficient (Wildman–Crippen LogP) is 2.97. The highest BCUT2D eigenvalue weighted by atomic mass is 35.5. The van der Waals surface area contributed by atoms with Gasteiger partial charge in [0.2, 0.25) is 5.91 Å². The van der Waals surface area contributed by atoms with Crippen LogP contribution >= 0.6 is 24.8 Å². The minimum absolute atomic E-state index is 0. The molecule has 1 aliphatic rings. The quantitative estimate of drug-likeness (QED) is 0.789. The van der Waals surface area contributed by atoms with Crippen molar-refractivity contribution in [3.8, 4) is 0 Å². The Labute approximate surface area is 168 Å². The maximum atomic E-state index is 12.2. The molecule has 1 amide bonds. The van der Waals surface area contributed by atoms with Gasteiger partial charge >= 0.3 is 0 Å². The van der Waals surface area contributed by atoms with Crippen LogP contribution in [0.1, 0.15) is 22.7 Å². The van der Waals surface area contributed by atoms with Gasteiger partial charge in [0.1, 0.15) is 0 Å². The third kappa shape index (κ3) is 6.29. The van der Waals surface area contributed by atoms with E-state index in [2.05, 4.69) is 47.0 Å². The van der Waals surface area contributed by atoms with Crippen LogP contribution in [0.4, 0.5) is 0 Å². The molecule has 0 aliphatic carbocycles. The molecule has 2 aromatic rings. The first-order valence-electron chi connectivity index (χ1n) is 8.53. The van der Waals surface area contributed by atoms with Gasteiger partial charge in [0.05, 0.1) is 6.54 Å². The van der Waals surface area contributed by atoms with Crippen molar-refractivity contribution in [1.29, 1.82) is 0 Å². The second-order valence-electron chi connectivity index (χ2n) is 6.42. The van der Waals surface area contributed by atoms with Gasteiger partial charge in [-0.1, -0.05) is 54.6 Å². The molecular formula is C20H27Cl2N3O. The SMILES string of the molecule is CN(CC(=O)NCC1NCCc2ccccc21)Cc1ccccc1.Cl.Cl. The first-order valence-corrected chi connectivity index (χ1v) is 8.53. The van der Waals surface area contributed by atoms with Crippen LogP contribution in [0.15, 0.2) is 54.6 Å². The van der Waals surface area contributed by atoms with Crippen LogP contribution in [0.3, 0.4) is 0 Å². The molecule has 1 aliphatic heterocycles. The van der Waals surface area contributed by atoms with Gasteiger partial charge in [0, 0.05) is 19.1 Å². The Hall–Kier alpha value is -1.59. The van der Waals surface area contributed by atoms with E-state index in [0.717, 1.165) is 19.5 Å². The number of rotatable bonds is 6. The summed E-state index contributed by atoms with van der Waals surface area (Å²) in [6.07, 6.45) is 1.06. The molecule has 1 heterocycles. The number of benzene rings is 2. The van der Waals surface area contributed by atoms with E-state index in [-0.39, 0.29) is 36.8 Å². The highest BCUT2D eigenvalue weighted by Gasteiger charge is 2.19. The number of carbonyl (C=O) groups is 1. The lowest BCUT2D eigenvalue weighted by Crippen LogP contribution is -2.41. The van der Waals surface area contributed by atoms with Crippen molar-refractivity contribution in [1.82, 2.24) is 15.5 Å². The zero-order chi connectivity index (χ0) is 16.8. The summed E-state index contributed by atoms with van der Waals surface area (Å²) in [5.74, 6) is 0.0679. The van der Waals surface area contributed by atoms with Gasteiger partial charge in [-0.15, -0.1) is 24.8 Å². The van der Waals surface area contributed by atoms with Gasteiger partial charge in [0.15, 0.2) is 0 Å². The highest BCUT2D eigenvalue weighted by molar-refractivity contribution is 5.85. The molecule has 4 nitrogen and oxygen atoms in total. The summed E-state index contributed by atoms with van der Waals surface area (Å²) in [5.41, 5.74) is 3.91. The first kappa shape index (κ1) is 22.5. The normalized spacial score (nSPS) is 15.4. The molecule has 6 heteroatoms. The second-order valence-corrected chi connectivity index (χ2v) is 6.42. The van der Waals surface area contributed by atoms with Gasteiger partial charge in [-0.2, -0.15) is 0 Å². The van der Waals surface area contributed by atoms with E-state index in [1.54, 1.807) is 0 Å². The lowest BCUT2D eigenvalue weighted by molar-refractivity contribution is -0.122. The predicted molar refractivity (Wildman–Crippen MR) is 111 cm³/mol. The minimum atomic E-state index is 0. The van der Waals surface area contributed by atoms with Crippen LogP contribution in [0.5, 0.6) is 0 Å². The number of likely N-dealkylation sites (N-methyl/N-ethyl adjacent to an activating group) is 1. The number of hydrogen-bond acceptors (Lipinski definition) is 3. The van der Waals surface area contributed by atoms with Crippen molar-refractivity contribution in [3.63, 3.8) is 0 Å². The van der Waals surface area contributed by atoms with Crippen LogP contribution in [0, 0.1) is 0 Å². The van der Waals surface area contributed by atoms with E-state index < -0.39 is 0 Å². The number of carbonyl (C=O) groups excluding carboxylic acids is 1. The largest absolute Gasteiger partial charge is 0.353 e. The standard InChI is InChI=1S/C20H25N3O.2ClH/c1-23(14-16-7-3-2-4-8-16)15-20(24)22-13-19-18-10-6-5-9-17(18)11-12-21-19;;/h2-10,19,21H,11-15H2,1H3,(H,22,24);2*1H. The summed E-state index contributed by atoms with van der Waals surface area (Å²) in [6, 6.07) is 18.9. The summed E-state index contributed by atoms with van der Waals surface area (Å²) >= 11 is 0. The number of halogens is 2. The minimum Gasteiger partial charge on any atom is -0.353 e. The molecule has 2 aromatic carbocycles. The van der Waals surface area contributed by atoms with Crippen LogP contribution < -0.4 is 10.6 Å². The maximum absolute atomic E-state index is 12.2. The molecule has 0 radical (unpaired) electrons. The third-order valence-electron chi connectivity index (χ3n) is 4.43. The fraction of sp³-hybridized carbons (Fsp3) is 0.350. The van der Waals surface area contributed by atoms with Crippen molar-refractivity contribution in [2.24, 2.45) is 0 Å². The first-order chi connectivity index (χ1) is 11.7. The molecular weight excluding hydrogens is 369 g/mol. The monoisotopic (exact) mass is 395 g/mol. The van der Waals surface area contributed by atoms with E-state index in [1.807, 2.05) is 30.1 Å². The van der Waals surface area contributed by atoms with E-state index in [0.29, 0.717) is 13.1 Å². The molecule has 0 aromatic heterocycles. The summed E-state index contributed by atoms with van der Waals surface area (Å²) in [5, 5.41) is 6.56. The molecule has 1 atom stereocenters. The fourth-order valence-corrected chi connectivity index (χ4v) is 3.24. The summed E-state index contributed by atoms with van der Waals surface area (Å²) in [4.78, 5) is 14.3. The van der Waals surface area contributed by atoms with E-state index >= 15 is 0 Å². The van der Waals surface area contributed by atoms with E-state index in [1.165, 1.54) is 16.7 Å². The van der Waals surface area contributed by atoms with Crippen molar-refractivity contribution in [2.75, 3.05) is 26.7 Å². The third-order valence-corrected chi connectivity index (χ3v) is 4.43. The summed E-state index contributed by atoms with van der Waals surface area (Å²) < 4.78 is 0. The Bertz CT molecular complexity index is 682. The Morgan fingerprint density at radius 3 is 2.58 bits per heavy atom. The van der Waals surface area contributed by atoms with Crippen LogP contribution in [0.2, 0.25) is 0 Å². The number of nitrogens with one attached hydrogen (secondary N) is 2. The Morgan fingerprint density at radius 2 is 1.81 bits per heavy atom. The maximum Gasteiger partial charge on any atom is 0.234 e. The van der Waals surface area contributed by atoms with Gasteiger partial charge < -0.3 is 10.6 Å². The van der Waals surface area contributed by atoms with E-state index in [9.17, 15) is 4.79 Å². The van der Waals surface area contributed by atoms with Crippen molar-refractivity contribution < 1.29 is 4.79 Å². The number of nitrogens with zero attached hydrogens (tertiary/aromatic N) is 1. The molecule has 142 valence electrons.